The summed E-state index contributed by atoms with van der Waals surface area (Å²) in [6, 6.07) is 21.4. The largest absolute Gasteiger partial charge is 2.00 e. The Hall–Kier alpha value is -4.97. The van der Waals surface area contributed by atoms with E-state index in [0.717, 1.165) is 36.0 Å². The molecule has 1 aliphatic rings. The number of nitrogens with one attached hydrogen (secondary N) is 2. The summed E-state index contributed by atoms with van der Waals surface area (Å²) < 4.78 is 31.4. The zero-order chi connectivity index (χ0) is 39.6. The van der Waals surface area contributed by atoms with E-state index in [1.807, 2.05) is 31.2 Å². The Bertz CT molecular complexity index is 1820. The molecule has 0 bridgehead atoms. The van der Waals surface area contributed by atoms with Crippen LogP contribution in [0, 0.1) is 5.82 Å². The Morgan fingerprint density at radius 1 is 0.764 bits per heavy atom. The maximum atomic E-state index is 13.3. The van der Waals surface area contributed by atoms with Crippen LogP contribution in [-0.4, -0.2) is 63.6 Å². The van der Waals surface area contributed by atoms with E-state index in [9.17, 15) is 19.4 Å². The molecule has 6 N–H and O–H groups in total. The molecule has 55 heavy (non-hydrogen) atoms. The van der Waals surface area contributed by atoms with Gasteiger partial charge in [0.2, 0.25) is 0 Å². The molecule has 4 aromatic rings. The van der Waals surface area contributed by atoms with Gasteiger partial charge in [-0.2, -0.15) is 12.1 Å². The van der Waals surface area contributed by atoms with Gasteiger partial charge in [-0.15, -0.1) is 0 Å². The second kappa shape index (κ2) is 23.7. The Labute approximate surface area is 334 Å². The van der Waals surface area contributed by atoms with Gasteiger partial charge in [0.1, 0.15) is 40.1 Å². The van der Waals surface area contributed by atoms with Crippen LogP contribution in [0.3, 0.4) is 0 Å². The van der Waals surface area contributed by atoms with E-state index in [4.69, 9.17) is 45.5 Å². The van der Waals surface area contributed by atoms with Crippen molar-refractivity contribution in [2.45, 2.75) is 77.3 Å². The van der Waals surface area contributed by atoms with Gasteiger partial charge in [-0.3, -0.25) is 0 Å². The fourth-order valence-corrected chi connectivity index (χ4v) is 5.56. The first-order chi connectivity index (χ1) is 25.9. The number of carbonyl (C=O) groups is 3. The summed E-state index contributed by atoms with van der Waals surface area (Å²) in [5.74, 6) is -2.83. The van der Waals surface area contributed by atoms with Gasteiger partial charge >= 0.3 is 39.0 Å². The molecule has 0 unspecified atom stereocenters. The molecule has 0 aromatic heterocycles. The minimum Gasteiger partial charge on any atom is -0.676 e. The fourth-order valence-electron chi connectivity index (χ4n) is 5.56. The van der Waals surface area contributed by atoms with E-state index in [0.29, 0.717) is 55.3 Å². The minimum atomic E-state index is -1.82. The molecular weight excluding hydrogens is 895 g/mol. The topological polar surface area (TPSA) is 207 Å². The third-order valence-electron chi connectivity index (χ3n) is 8.40. The van der Waals surface area contributed by atoms with Crippen LogP contribution in [-0.2, 0) is 43.5 Å². The predicted molar refractivity (Wildman–Crippen MR) is 202 cm³/mol. The van der Waals surface area contributed by atoms with Crippen LogP contribution in [0.25, 0.3) is 22.6 Å². The van der Waals surface area contributed by atoms with Gasteiger partial charge in [-0.05, 0) is 66.4 Å². The van der Waals surface area contributed by atoms with Crippen LogP contribution in [0.15, 0.2) is 78.9 Å². The molecule has 5 rings (SSSR count). The molecule has 0 aliphatic heterocycles. The first-order valence-electron chi connectivity index (χ1n) is 17.7. The Morgan fingerprint density at radius 2 is 1.33 bits per heavy atom. The van der Waals surface area contributed by atoms with Crippen LogP contribution in [0.1, 0.15) is 73.9 Å². The predicted octanol–water partition coefficient (Wildman–Crippen LogP) is 9.61. The molecule has 0 spiro atoms. The molecule has 14 heteroatoms. The molecule has 1 aliphatic carbocycles. The number of para-hydroxylation sites is 1. The molecule has 0 heterocycles. The molecule has 0 radical (unpaired) electrons. The van der Waals surface area contributed by atoms with Gasteiger partial charge in [0.25, 0.3) is 0 Å². The van der Waals surface area contributed by atoms with E-state index in [1.54, 1.807) is 36.4 Å². The third-order valence-corrected chi connectivity index (χ3v) is 8.40. The summed E-state index contributed by atoms with van der Waals surface area (Å²) in [4.78, 5) is 29.8. The number of ether oxygens (including phenoxy) is 3. The maximum absolute atomic E-state index is 13.3. The third kappa shape index (κ3) is 14.7. The number of phenolic OH excluding ortho intramolecular Hbond substituents is 1. The van der Waals surface area contributed by atoms with Crippen molar-refractivity contribution in [3.8, 4) is 39.9 Å². The number of aromatic carboxylic acids is 1. The number of rotatable bonds is 13. The SMILES string of the molecule is CCCc1c(OCCCOc2cc(O)c(-c3ccc(F)cc3)cc2CC)cccc1Oc1ccccc1C(=O)O.O=C(O)C(=O)O.[NH-][C@@H]1CCCC[C@H]1[NH-].[Pt+2]. The van der Waals surface area contributed by atoms with Crippen LogP contribution < -0.4 is 14.2 Å². The van der Waals surface area contributed by atoms with Crippen molar-refractivity contribution in [3.63, 3.8) is 0 Å². The molecular formula is C41H47FN2O10Pt. The average Bonchev–Trinajstić information content (AvgIpc) is 3.15. The number of aromatic hydroxyl groups is 1. The van der Waals surface area contributed by atoms with Crippen LogP contribution in [0.2, 0.25) is 0 Å². The molecule has 298 valence electrons. The van der Waals surface area contributed by atoms with Crippen molar-refractivity contribution in [2.75, 3.05) is 13.2 Å². The number of halogens is 1. The summed E-state index contributed by atoms with van der Waals surface area (Å²) in [6.45, 7) is 4.85. The van der Waals surface area contributed by atoms with E-state index >= 15 is 0 Å². The van der Waals surface area contributed by atoms with Crippen molar-refractivity contribution in [1.29, 1.82) is 0 Å². The standard InChI is InChI=1S/C33H33FO6.C6H12N2.C2H2O4.Pt/c1-3-9-25-29(12-7-13-30(25)40-31-11-6-5-10-26(31)33(36)37)38-18-8-19-39-32-21-28(35)27(20-22(32)4-2)23-14-16-24(34)17-15-23;7-5-3-1-2-4-6(5)8;3-1(4)2(5)6;/h5-7,10-17,20-21,35H,3-4,8-9,18-19H2,1-2H3,(H,36,37);5-8H,1-4H2;(H,3,4)(H,5,6);/q;-2;;+2/t;5-,6-;;/m.1../s1. The van der Waals surface area contributed by atoms with Crippen molar-refractivity contribution in [3.05, 3.63) is 113 Å². The number of carboxylic acid groups (broad SMARTS) is 3. The van der Waals surface area contributed by atoms with Crippen LogP contribution >= 0.6 is 0 Å². The normalized spacial score (nSPS) is 14.4. The molecule has 4 aromatic carbocycles. The van der Waals surface area contributed by atoms with Gasteiger partial charge in [0, 0.05) is 23.6 Å². The molecule has 1 fully saturated rings. The van der Waals surface area contributed by atoms with Crippen LogP contribution in [0.4, 0.5) is 4.39 Å². The first-order valence-corrected chi connectivity index (χ1v) is 17.7. The number of carboxylic acids is 3. The Kier molecular flexibility index (Phi) is 19.9. The number of aliphatic carboxylic acids is 2. The van der Waals surface area contributed by atoms with E-state index < -0.39 is 17.9 Å². The molecule has 12 nitrogen and oxygen atoms in total. The van der Waals surface area contributed by atoms with Crippen molar-refractivity contribution < 1.29 is 74.5 Å². The number of benzene rings is 4. The zero-order valence-corrected chi connectivity index (χ0v) is 32.9. The molecule has 1 saturated carbocycles. The monoisotopic (exact) mass is 941 g/mol. The van der Waals surface area contributed by atoms with Gasteiger partial charge < -0.3 is 46.1 Å². The van der Waals surface area contributed by atoms with Crippen molar-refractivity contribution in [2.24, 2.45) is 0 Å². The van der Waals surface area contributed by atoms with Crippen LogP contribution in [0.5, 0.6) is 28.7 Å². The fraction of sp³-hybridized carbons (Fsp3) is 0.341. The van der Waals surface area contributed by atoms with Gasteiger partial charge in [-0.25, -0.2) is 18.8 Å². The molecule has 2 atom stereocenters. The number of hydrogen-bond acceptors (Lipinski definition) is 7. The number of aryl methyl sites for hydroxylation is 1. The first kappa shape index (κ1) is 46.2. The summed E-state index contributed by atoms with van der Waals surface area (Å²) in [5.41, 5.74) is 17.8. The molecule has 0 saturated heterocycles. The van der Waals surface area contributed by atoms with Crippen molar-refractivity contribution in [1.82, 2.24) is 0 Å². The van der Waals surface area contributed by atoms with E-state index in [1.165, 1.54) is 31.0 Å². The maximum Gasteiger partial charge on any atom is 2.00 e. The summed E-state index contributed by atoms with van der Waals surface area (Å²) in [6.07, 6.45) is 7.12. The van der Waals surface area contributed by atoms with E-state index in [2.05, 4.69) is 6.92 Å². The number of phenols is 1. The smallest absolute Gasteiger partial charge is 0.676 e. The zero-order valence-electron chi connectivity index (χ0n) is 30.7. The average molecular weight is 942 g/mol. The summed E-state index contributed by atoms with van der Waals surface area (Å²) >= 11 is 0. The van der Waals surface area contributed by atoms with Gasteiger partial charge in [0.15, 0.2) is 0 Å². The molecule has 0 amide bonds. The van der Waals surface area contributed by atoms with Gasteiger partial charge in [-0.1, -0.05) is 76.3 Å². The second-order valence-corrected chi connectivity index (χ2v) is 12.4. The summed E-state index contributed by atoms with van der Waals surface area (Å²) in [7, 11) is 0. The second-order valence-electron chi connectivity index (χ2n) is 12.4. The quantitative estimate of drug-likeness (QED) is 0.0737. The minimum absolute atomic E-state index is 0. The van der Waals surface area contributed by atoms with Crippen molar-refractivity contribution >= 4 is 17.9 Å². The summed E-state index contributed by atoms with van der Waals surface area (Å²) in [5, 5.41) is 34.9. The Morgan fingerprint density at radius 3 is 1.87 bits per heavy atom. The Balaban J connectivity index is 0.000000586. The van der Waals surface area contributed by atoms with Gasteiger partial charge in [0.05, 0.1) is 13.2 Å². The van der Waals surface area contributed by atoms with E-state index in [-0.39, 0.29) is 56.0 Å². The number of hydrogen-bond donors (Lipinski definition) is 4.